The van der Waals surface area contributed by atoms with Gasteiger partial charge in [0.2, 0.25) is 0 Å². The summed E-state index contributed by atoms with van der Waals surface area (Å²) in [5.41, 5.74) is 1.75. The van der Waals surface area contributed by atoms with E-state index in [1.807, 2.05) is 31.2 Å². The van der Waals surface area contributed by atoms with Gasteiger partial charge in [-0.1, -0.05) is 19.1 Å². The van der Waals surface area contributed by atoms with Gasteiger partial charge in [0.1, 0.15) is 0 Å². The summed E-state index contributed by atoms with van der Waals surface area (Å²) >= 11 is 3.41. The van der Waals surface area contributed by atoms with E-state index < -0.39 is 0 Å². The van der Waals surface area contributed by atoms with Crippen molar-refractivity contribution < 1.29 is 4.79 Å². The second-order valence-electron chi connectivity index (χ2n) is 3.35. The van der Waals surface area contributed by atoms with Crippen LogP contribution in [0.4, 0.5) is 5.69 Å². The summed E-state index contributed by atoms with van der Waals surface area (Å²) in [4.78, 5) is 11.7. The molecule has 0 atom stereocenters. The van der Waals surface area contributed by atoms with Crippen molar-refractivity contribution in [1.29, 1.82) is 0 Å². The number of para-hydroxylation sites is 1. The maximum atomic E-state index is 11.7. The van der Waals surface area contributed by atoms with Crippen molar-refractivity contribution >= 4 is 33.2 Å². The van der Waals surface area contributed by atoms with Gasteiger partial charge in [0, 0.05) is 10.2 Å². The summed E-state index contributed by atoms with van der Waals surface area (Å²) in [6.45, 7) is 2.01. The van der Waals surface area contributed by atoms with Gasteiger partial charge in [0.25, 0.3) is 5.91 Å². The van der Waals surface area contributed by atoms with Crippen LogP contribution >= 0.6 is 15.9 Å². The highest BCUT2D eigenvalue weighted by Gasteiger charge is 2.25. The molecule has 0 aromatic heterocycles. The molecule has 0 unspecified atom stereocenters. The second-order valence-corrected chi connectivity index (χ2v) is 4.21. The first-order valence-electron chi connectivity index (χ1n) is 4.86. The molecule has 1 amide bonds. The van der Waals surface area contributed by atoms with E-state index >= 15 is 0 Å². The van der Waals surface area contributed by atoms with Gasteiger partial charge in [0.15, 0.2) is 0 Å². The lowest BCUT2D eigenvalue weighted by atomic mass is 10.2. The SMILES string of the molecule is CCC1=NN(c2ccccc2Br)C(=O)C1. The molecule has 0 aliphatic carbocycles. The summed E-state index contributed by atoms with van der Waals surface area (Å²) in [5.74, 6) is 0.0405. The van der Waals surface area contributed by atoms with Crippen molar-refractivity contribution in [1.82, 2.24) is 0 Å². The van der Waals surface area contributed by atoms with Crippen LogP contribution in [0.1, 0.15) is 19.8 Å². The number of nitrogens with zero attached hydrogens (tertiary/aromatic N) is 2. The molecule has 1 aromatic carbocycles. The van der Waals surface area contributed by atoms with Crippen molar-refractivity contribution in [3.05, 3.63) is 28.7 Å². The molecule has 1 heterocycles. The Morgan fingerprint density at radius 1 is 1.47 bits per heavy atom. The molecule has 1 aliphatic rings. The molecule has 15 heavy (non-hydrogen) atoms. The Balaban J connectivity index is 2.36. The van der Waals surface area contributed by atoms with Crippen LogP contribution in [0, 0.1) is 0 Å². The molecule has 78 valence electrons. The Labute approximate surface area is 96.9 Å². The number of rotatable bonds is 2. The fourth-order valence-corrected chi connectivity index (χ4v) is 1.94. The highest BCUT2D eigenvalue weighted by molar-refractivity contribution is 9.10. The van der Waals surface area contributed by atoms with Crippen LogP contribution in [0.15, 0.2) is 33.8 Å². The van der Waals surface area contributed by atoms with Crippen LogP contribution in [0.2, 0.25) is 0 Å². The standard InChI is InChI=1S/C11H11BrN2O/c1-2-8-7-11(15)14(13-8)10-6-4-3-5-9(10)12/h3-6H,2,7H2,1H3. The predicted molar refractivity (Wildman–Crippen MR) is 64.0 cm³/mol. The van der Waals surface area contributed by atoms with E-state index in [0.717, 1.165) is 22.3 Å². The Bertz CT molecular complexity index is 428. The first kappa shape index (κ1) is 10.4. The van der Waals surface area contributed by atoms with Crippen molar-refractivity contribution in [2.45, 2.75) is 19.8 Å². The summed E-state index contributed by atoms with van der Waals surface area (Å²) in [7, 11) is 0. The zero-order valence-corrected chi connectivity index (χ0v) is 9.99. The largest absolute Gasteiger partial charge is 0.272 e. The van der Waals surface area contributed by atoms with Crippen LogP contribution in [-0.4, -0.2) is 11.6 Å². The Morgan fingerprint density at radius 3 is 2.80 bits per heavy atom. The van der Waals surface area contributed by atoms with Gasteiger partial charge in [0.05, 0.1) is 12.1 Å². The highest BCUT2D eigenvalue weighted by Crippen LogP contribution is 2.29. The number of carbonyl (C=O) groups is 1. The van der Waals surface area contributed by atoms with Gasteiger partial charge >= 0.3 is 0 Å². The number of benzene rings is 1. The molecule has 1 aliphatic heterocycles. The third-order valence-electron chi connectivity index (χ3n) is 2.32. The van der Waals surface area contributed by atoms with Gasteiger partial charge in [-0.25, -0.2) is 0 Å². The lowest BCUT2D eigenvalue weighted by Gasteiger charge is -2.12. The zero-order chi connectivity index (χ0) is 10.8. The maximum absolute atomic E-state index is 11.7. The molecule has 0 N–H and O–H groups in total. The minimum absolute atomic E-state index is 0.0405. The molecule has 3 nitrogen and oxygen atoms in total. The predicted octanol–water partition coefficient (Wildman–Crippen LogP) is 2.95. The average Bonchev–Trinajstić information content (AvgIpc) is 2.60. The van der Waals surface area contributed by atoms with E-state index in [0.29, 0.717) is 6.42 Å². The average molecular weight is 267 g/mol. The fraction of sp³-hybridized carbons (Fsp3) is 0.273. The van der Waals surface area contributed by atoms with Gasteiger partial charge in [-0.15, -0.1) is 0 Å². The van der Waals surface area contributed by atoms with Gasteiger partial charge in [-0.05, 0) is 34.5 Å². The molecule has 0 saturated carbocycles. The Morgan fingerprint density at radius 2 is 2.20 bits per heavy atom. The molecule has 4 heteroatoms. The third-order valence-corrected chi connectivity index (χ3v) is 2.99. The van der Waals surface area contributed by atoms with Gasteiger partial charge < -0.3 is 0 Å². The van der Waals surface area contributed by atoms with Gasteiger partial charge in [-0.3, -0.25) is 4.79 Å². The minimum Gasteiger partial charge on any atom is -0.272 e. The zero-order valence-electron chi connectivity index (χ0n) is 8.40. The number of hydrogen-bond acceptors (Lipinski definition) is 2. The monoisotopic (exact) mass is 266 g/mol. The second kappa shape index (κ2) is 4.14. The molecule has 1 aromatic rings. The van der Waals surface area contributed by atoms with E-state index in [4.69, 9.17) is 0 Å². The van der Waals surface area contributed by atoms with Crippen LogP contribution < -0.4 is 5.01 Å². The first-order chi connectivity index (χ1) is 7.22. The number of hydrazone groups is 1. The molecular formula is C11H11BrN2O. The summed E-state index contributed by atoms with van der Waals surface area (Å²) < 4.78 is 0.888. The molecule has 0 saturated heterocycles. The lowest BCUT2D eigenvalue weighted by molar-refractivity contribution is -0.116. The maximum Gasteiger partial charge on any atom is 0.253 e. The fourth-order valence-electron chi connectivity index (χ4n) is 1.49. The highest BCUT2D eigenvalue weighted by atomic mass is 79.9. The van der Waals surface area contributed by atoms with Crippen LogP contribution in [0.25, 0.3) is 0 Å². The van der Waals surface area contributed by atoms with Crippen LogP contribution in [-0.2, 0) is 4.79 Å². The normalized spacial score (nSPS) is 15.7. The molecule has 0 fully saturated rings. The van der Waals surface area contributed by atoms with Crippen molar-refractivity contribution in [3.63, 3.8) is 0 Å². The number of halogens is 1. The Hall–Kier alpha value is -1.16. The summed E-state index contributed by atoms with van der Waals surface area (Å²) in [6.07, 6.45) is 1.27. The van der Waals surface area contributed by atoms with Crippen molar-refractivity contribution in [2.75, 3.05) is 5.01 Å². The number of carbonyl (C=O) groups excluding carboxylic acids is 1. The smallest absolute Gasteiger partial charge is 0.253 e. The lowest BCUT2D eigenvalue weighted by Crippen LogP contribution is -2.19. The number of anilines is 1. The number of amides is 1. The topological polar surface area (TPSA) is 32.7 Å². The van der Waals surface area contributed by atoms with Crippen molar-refractivity contribution in [3.8, 4) is 0 Å². The van der Waals surface area contributed by atoms with E-state index in [-0.39, 0.29) is 5.91 Å². The van der Waals surface area contributed by atoms with E-state index in [9.17, 15) is 4.79 Å². The molecule has 0 spiro atoms. The minimum atomic E-state index is 0.0405. The third kappa shape index (κ3) is 1.95. The van der Waals surface area contributed by atoms with Crippen LogP contribution in [0.3, 0.4) is 0 Å². The number of hydrogen-bond donors (Lipinski definition) is 0. The molecular weight excluding hydrogens is 256 g/mol. The summed E-state index contributed by atoms with van der Waals surface area (Å²) in [5, 5.41) is 5.76. The van der Waals surface area contributed by atoms with E-state index in [1.165, 1.54) is 5.01 Å². The Kier molecular flexibility index (Phi) is 2.86. The first-order valence-corrected chi connectivity index (χ1v) is 5.65. The molecule has 0 bridgehead atoms. The van der Waals surface area contributed by atoms with Crippen molar-refractivity contribution in [2.24, 2.45) is 5.10 Å². The van der Waals surface area contributed by atoms with Gasteiger partial charge in [-0.2, -0.15) is 10.1 Å². The quantitative estimate of drug-likeness (QED) is 0.810. The van der Waals surface area contributed by atoms with E-state index in [2.05, 4.69) is 21.0 Å². The van der Waals surface area contributed by atoms with Crippen LogP contribution in [0.5, 0.6) is 0 Å². The summed E-state index contributed by atoms with van der Waals surface area (Å²) in [6, 6.07) is 7.59. The molecule has 0 radical (unpaired) electrons. The molecule has 2 rings (SSSR count). The van der Waals surface area contributed by atoms with E-state index in [1.54, 1.807) is 0 Å².